The smallest absolute Gasteiger partial charge is 0.246 e. The number of nitrogens with zero attached hydrogens (tertiary/aromatic N) is 1. The minimum absolute atomic E-state index is 0.186. The van der Waals surface area contributed by atoms with Gasteiger partial charge in [-0.25, -0.2) is 8.42 Å². The molecule has 1 heterocycles. The highest BCUT2D eigenvalue weighted by atomic mass is 35.5. The standard InChI is InChI=1S/C16H23ClN2O3S/c17-14-5-6-15(22-12-13-3-1-4-13)16(11-14)23(20,21)19-9-2-7-18-8-10-19/h5-6,11,13,18H,1-4,7-10,12H2. The molecule has 2 fully saturated rings. The van der Waals surface area contributed by atoms with Gasteiger partial charge in [-0.05, 0) is 49.9 Å². The summed E-state index contributed by atoms with van der Waals surface area (Å²) in [4.78, 5) is 0.186. The summed E-state index contributed by atoms with van der Waals surface area (Å²) in [5.74, 6) is 0.960. The number of hydrogen-bond donors (Lipinski definition) is 1. The van der Waals surface area contributed by atoms with Crippen molar-refractivity contribution in [3.05, 3.63) is 23.2 Å². The van der Waals surface area contributed by atoms with Crippen molar-refractivity contribution in [1.82, 2.24) is 9.62 Å². The van der Waals surface area contributed by atoms with Gasteiger partial charge < -0.3 is 10.1 Å². The number of sulfonamides is 1. The maximum atomic E-state index is 13.0. The van der Waals surface area contributed by atoms with Crippen molar-refractivity contribution in [2.45, 2.75) is 30.6 Å². The molecule has 0 spiro atoms. The summed E-state index contributed by atoms with van der Waals surface area (Å²) in [5.41, 5.74) is 0. The molecule has 5 nitrogen and oxygen atoms in total. The van der Waals surface area contributed by atoms with Gasteiger partial charge in [0.05, 0.1) is 6.61 Å². The summed E-state index contributed by atoms with van der Waals surface area (Å²) in [7, 11) is -3.59. The number of benzene rings is 1. The molecule has 23 heavy (non-hydrogen) atoms. The third-order valence-corrected chi connectivity index (χ3v) is 6.68. The maximum absolute atomic E-state index is 13.0. The Labute approximate surface area is 143 Å². The average molecular weight is 359 g/mol. The molecule has 1 aromatic rings. The van der Waals surface area contributed by atoms with E-state index in [2.05, 4.69) is 5.32 Å². The molecule has 1 aliphatic heterocycles. The van der Waals surface area contributed by atoms with E-state index in [1.807, 2.05) is 0 Å². The fourth-order valence-electron chi connectivity index (χ4n) is 2.87. The van der Waals surface area contributed by atoms with Crippen molar-refractivity contribution in [3.8, 4) is 5.75 Å². The Balaban J connectivity index is 1.84. The van der Waals surface area contributed by atoms with E-state index in [4.69, 9.17) is 16.3 Å². The minimum Gasteiger partial charge on any atom is -0.492 e. The van der Waals surface area contributed by atoms with Crippen molar-refractivity contribution >= 4 is 21.6 Å². The van der Waals surface area contributed by atoms with Gasteiger partial charge in [-0.3, -0.25) is 0 Å². The highest BCUT2D eigenvalue weighted by Crippen LogP contribution is 2.32. The molecular weight excluding hydrogens is 336 g/mol. The van der Waals surface area contributed by atoms with E-state index >= 15 is 0 Å². The number of rotatable bonds is 5. The van der Waals surface area contributed by atoms with Crippen LogP contribution in [-0.2, 0) is 10.0 Å². The summed E-state index contributed by atoms with van der Waals surface area (Å²) < 4.78 is 33.3. The zero-order chi connectivity index (χ0) is 16.3. The summed E-state index contributed by atoms with van der Waals surface area (Å²) in [6.45, 7) is 3.07. The van der Waals surface area contributed by atoms with Gasteiger partial charge in [0.1, 0.15) is 10.6 Å². The third-order valence-electron chi connectivity index (χ3n) is 4.52. The summed E-state index contributed by atoms with van der Waals surface area (Å²) in [5, 5.41) is 3.63. The minimum atomic E-state index is -3.59. The first-order chi connectivity index (χ1) is 11.1. The molecule has 2 aliphatic rings. The highest BCUT2D eigenvalue weighted by Gasteiger charge is 2.29. The summed E-state index contributed by atoms with van der Waals surface area (Å²) in [6.07, 6.45) is 4.36. The van der Waals surface area contributed by atoms with Gasteiger partial charge in [-0.1, -0.05) is 18.0 Å². The normalized spacial score (nSPS) is 20.7. The molecule has 0 radical (unpaired) electrons. The van der Waals surface area contributed by atoms with Crippen LogP contribution in [0.2, 0.25) is 5.02 Å². The number of hydrogen-bond acceptors (Lipinski definition) is 4. The lowest BCUT2D eigenvalue weighted by atomic mass is 9.86. The van der Waals surface area contributed by atoms with E-state index in [1.54, 1.807) is 12.1 Å². The Hall–Kier alpha value is -0.820. The molecular formula is C16H23ClN2O3S. The van der Waals surface area contributed by atoms with E-state index in [-0.39, 0.29) is 4.90 Å². The molecule has 0 atom stereocenters. The molecule has 1 saturated heterocycles. The first kappa shape index (κ1) is 17.0. The fourth-order valence-corrected chi connectivity index (χ4v) is 4.74. The van der Waals surface area contributed by atoms with Crippen LogP contribution < -0.4 is 10.1 Å². The van der Waals surface area contributed by atoms with E-state index in [1.165, 1.54) is 16.8 Å². The predicted molar refractivity (Wildman–Crippen MR) is 90.5 cm³/mol. The molecule has 3 rings (SSSR count). The Morgan fingerprint density at radius 3 is 2.78 bits per heavy atom. The molecule has 0 unspecified atom stereocenters. The molecule has 128 valence electrons. The van der Waals surface area contributed by atoms with Crippen LogP contribution in [0.15, 0.2) is 23.1 Å². The van der Waals surface area contributed by atoms with Gasteiger partial charge in [-0.2, -0.15) is 4.31 Å². The lowest BCUT2D eigenvalue weighted by molar-refractivity contribution is 0.177. The largest absolute Gasteiger partial charge is 0.492 e. The first-order valence-electron chi connectivity index (χ1n) is 8.20. The Bertz CT molecular complexity index is 639. The van der Waals surface area contributed by atoms with E-state index in [0.29, 0.717) is 42.9 Å². The summed E-state index contributed by atoms with van der Waals surface area (Å²) in [6, 6.07) is 4.86. The maximum Gasteiger partial charge on any atom is 0.246 e. The zero-order valence-electron chi connectivity index (χ0n) is 13.1. The second-order valence-electron chi connectivity index (χ2n) is 6.21. The Kier molecular flexibility index (Phi) is 5.46. The molecule has 1 saturated carbocycles. The van der Waals surface area contributed by atoms with Crippen LogP contribution in [0.5, 0.6) is 5.75 Å². The monoisotopic (exact) mass is 358 g/mol. The Morgan fingerprint density at radius 2 is 2.04 bits per heavy atom. The Morgan fingerprint density at radius 1 is 1.22 bits per heavy atom. The number of ether oxygens (including phenoxy) is 1. The SMILES string of the molecule is O=S(=O)(c1cc(Cl)ccc1OCC1CCC1)N1CCCNCC1. The van der Waals surface area contributed by atoms with Crippen molar-refractivity contribution in [3.63, 3.8) is 0 Å². The molecule has 1 N–H and O–H groups in total. The van der Waals surface area contributed by atoms with Gasteiger partial charge >= 0.3 is 0 Å². The second kappa shape index (κ2) is 7.38. The highest BCUT2D eigenvalue weighted by molar-refractivity contribution is 7.89. The lowest BCUT2D eigenvalue weighted by Crippen LogP contribution is -2.34. The van der Waals surface area contributed by atoms with E-state index in [9.17, 15) is 8.42 Å². The van der Waals surface area contributed by atoms with Crippen LogP contribution in [0, 0.1) is 5.92 Å². The van der Waals surface area contributed by atoms with Crippen LogP contribution in [0.1, 0.15) is 25.7 Å². The zero-order valence-corrected chi connectivity index (χ0v) is 14.7. The molecule has 0 aromatic heterocycles. The predicted octanol–water partition coefficient (Wildman–Crippen LogP) is 2.50. The van der Waals surface area contributed by atoms with Crippen LogP contribution in [0.4, 0.5) is 0 Å². The van der Waals surface area contributed by atoms with Crippen LogP contribution in [0.25, 0.3) is 0 Å². The first-order valence-corrected chi connectivity index (χ1v) is 10.0. The summed E-state index contributed by atoms with van der Waals surface area (Å²) >= 11 is 6.04. The molecule has 1 aromatic carbocycles. The van der Waals surface area contributed by atoms with Gasteiger partial charge in [0.2, 0.25) is 10.0 Å². The van der Waals surface area contributed by atoms with Crippen LogP contribution in [-0.4, -0.2) is 45.5 Å². The van der Waals surface area contributed by atoms with Crippen molar-refractivity contribution in [2.75, 3.05) is 32.8 Å². The quantitative estimate of drug-likeness (QED) is 0.878. The topological polar surface area (TPSA) is 58.6 Å². The van der Waals surface area contributed by atoms with Crippen LogP contribution >= 0.6 is 11.6 Å². The molecule has 7 heteroatoms. The van der Waals surface area contributed by atoms with E-state index in [0.717, 1.165) is 25.8 Å². The van der Waals surface area contributed by atoms with Gasteiger partial charge in [0.15, 0.2) is 0 Å². The number of halogens is 1. The fraction of sp³-hybridized carbons (Fsp3) is 0.625. The van der Waals surface area contributed by atoms with Crippen molar-refractivity contribution in [2.24, 2.45) is 5.92 Å². The lowest BCUT2D eigenvalue weighted by Gasteiger charge is -2.26. The molecule has 0 amide bonds. The number of nitrogens with one attached hydrogen (secondary N) is 1. The average Bonchev–Trinajstić information content (AvgIpc) is 2.76. The molecule has 1 aliphatic carbocycles. The second-order valence-corrected chi connectivity index (χ2v) is 8.55. The molecule has 0 bridgehead atoms. The van der Waals surface area contributed by atoms with Gasteiger partial charge in [0, 0.05) is 24.7 Å². The van der Waals surface area contributed by atoms with Crippen molar-refractivity contribution in [1.29, 1.82) is 0 Å². The third kappa shape index (κ3) is 3.99. The van der Waals surface area contributed by atoms with Crippen molar-refractivity contribution < 1.29 is 13.2 Å². The van der Waals surface area contributed by atoms with E-state index < -0.39 is 10.0 Å². The van der Waals surface area contributed by atoms with Gasteiger partial charge in [0.25, 0.3) is 0 Å². The van der Waals surface area contributed by atoms with Gasteiger partial charge in [-0.15, -0.1) is 0 Å². The van der Waals surface area contributed by atoms with Crippen LogP contribution in [0.3, 0.4) is 0 Å².